The van der Waals surface area contributed by atoms with Crippen LogP contribution in [0.25, 0.3) is 11.0 Å². The van der Waals surface area contributed by atoms with E-state index >= 15 is 0 Å². The Morgan fingerprint density at radius 1 is 1.16 bits per heavy atom. The Balaban J connectivity index is 1.54. The van der Waals surface area contributed by atoms with Crippen LogP contribution in [0.5, 0.6) is 0 Å². The molecule has 0 aliphatic carbocycles. The molecule has 2 aromatic carbocycles. The van der Waals surface area contributed by atoms with Crippen LogP contribution in [-0.4, -0.2) is 34.2 Å². The maximum atomic E-state index is 12.1. The van der Waals surface area contributed by atoms with Crippen molar-refractivity contribution in [3.63, 3.8) is 0 Å². The normalized spacial score (nSPS) is 10.6. The number of esters is 1. The summed E-state index contributed by atoms with van der Waals surface area (Å²) < 4.78 is 4.92. The molecule has 0 aliphatic rings. The third-order valence-electron chi connectivity index (χ3n) is 3.39. The van der Waals surface area contributed by atoms with Gasteiger partial charge in [0, 0.05) is 5.69 Å². The zero-order chi connectivity index (χ0) is 17.6. The standard InChI is InChI=1S/C18H17N3O3S/c1-2-24-17(23)12-7-9-13(10-8-12)19-16(22)11-25-18-20-14-5-3-4-6-15(14)21-18/h3-10H,2,11H2,1H3,(H,19,22)(H,20,21). The number of para-hydroxylation sites is 2. The fourth-order valence-electron chi connectivity index (χ4n) is 2.23. The highest BCUT2D eigenvalue weighted by Gasteiger charge is 2.09. The van der Waals surface area contributed by atoms with Gasteiger partial charge in [-0.25, -0.2) is 9.78 Å². The smallest absolute Gasteiger partial charge is 0.338 e. The van der Waals surface area contributed by atoms with E-state index in [0.29, 0.717) is 23.0 Å². The van der Waals surface area contributed by atoms with Crippen LogP contribution in [-0.2, 0) is 9.53 Å². The van der Waals surface area contributed by atoms with Gasteiger partial charge in [-0.05, 0) is 43.3 Å². The number of hydrogen-bond acceptors (Lipinski definition) is 5. The number of aromatic amines is 1. The van der Waals surface area contributed by atoms with Crippen molar-refractivity contribution in [3.05, 3.63) is 54.1 Å². The summed E-state index contributed by atoms with van der Waals surface area (Å²) in [6.07, 6.45) is 0. The van der Waals surface area contributed by atoms with E-state index in [9.17, 15) is 9.59 Å². The monoisotopic (exact) mass is 355 g/mol. The predicted octanol–water partition coefficient (Wildman–Crippen LogP) is 3.47. The van der Waals surface area contributed by atoms with Crippen LogP contribution < -0.4 is 5.32 Å². The number of carbonyl (C=O) groups excluding carboxylic acids is 2. The van der Waals surface area contributed by atoms with Gasteiger partial charge in [-0.1, -0.05) is 23.9 Å². The number of amides is 1. The zero-order valence-corrected chi connectivity index (χ0v) is 14.4. The minimum absolute atomic E-state index is 0.144. The predicted molar refractivity (Wildman–Crippen MR) is 97.8 cm³/mol. The second-order valence-electron chi connectivity index (χ2n) is 5.19. The van der Waals surface area contributed by atoms with E-state index in [-0.39, 0.29) is 17.6 Å². The number of aromatic nitrogens is 2. The molecule has 2 N–H and O–H groups in total. The Bertz CT molecular complexity index is 857. The summed E-state index contributed by atoms with van der Waals surface area (Å²) >= 11 is 1.34. The van der Waals surface area contributed by atoms with Crippen molar-refractivity contribution >= 4 is 40.4 Å². The number of ether oxygens (including phenoxy) is 1. The molecule has 0 radical (unpaired) electrons. The average Bonchev–Trinajstić information content (AvgIpc) is 3.04. The second kappa shape index (κ2) is 7.85. The Hall–Kier alpha value is -2.80. The lowest BCUT2D eigenvalue weighted by atomic mass is 10.2. The van der Waals surface area contributed by atoms with Gasteiger partial charge in [0.25, 0.3) is 0 Å². The van der Waals surface area contributed by atoms with E-state index in [1.165, 1.54) is 11.8 Å². The van der Waals surface area contributed by atoms with Crippen LogP contribution in [0.3, 0.4) is 0 Å². The highest BCUT2D eigenvalue weighted by molar-refractivity contribution is 7.99. The number of imidazole rings is 1. The molecule has 0 unspecified atom stereocenters. The second-order valence-corrected chi connectivity index (χ2v) is 6.16. The molecule has 1 amide bonds. The van der Waals surface area contributed by atoms with E-state index in [4.69, 9.17) is 4.74 Å². The number of nitrogens with zero attached hydrogens (tertiary/aromatic N) is 1. The van der Waals surface area contributed by atoms with Crippen molar-refractivity contribution in [2.45, 2.75) is 12.1 Å². The molecule has 3 rings (SSSR count). The zero-order valence-electron chi connectivity index (χ0n) is 13.6. The third kappa shape index (κ3) is 4.39. The van der Waals surface area contributed by atoms with Crippen LogP contribution in [0.1, 0.15) is 17.3 Å². The maximum absolute atomic E-state index is 12.1. The average molecular weight is 355 g/mol. The molecule has 25 heavy (non-hydrogen) atoms. The van der Waals surface area contributed by atoms with Gasteiger partial charge in [-0.3, -0.25) is 4.79 Å². The Morgan fingerprint density at radius 3 is 2.64 bits per heavy atom. The van der Waals surface area contributed by atoms with Gasteiger partial charge < -0.3 is 15.0 Å². The van der Waals surface area contributed by atoms with Crippen LogP contribution in [0.2, 0.25) is 0 Å². The highest BCUT2D eigenvalue weighted by Crippen LogP contribution is 2.19. The quantitative estimate of drug-likeness (QED) is 0.522. The lowest BCUT2D eigenvalue weighted by Crippen LogP contribution is -2.14. The largest absolute Gasteiger partial charge is 0.462 e. The van der Waals surface area contributed by atoms with Gasteiger partial charge in [0.2, 0.25) is 5.91 Å². The number of anilines is 1. The van der Waals surface area contributed by atoms with Gasteiger partial charge >= 0.3 is 5.97 Å². The number of fused-ring (bicyclic) bond motifs is 1. The molecule has 6 nitrogen and oxygen atoms in total. The Kier molecular flexibility index (Phi) is 5.35. The first-order valence-electron chi connectivity index (χ1n) is 7.80. The summed E-state index contributed by atoms with van der Waals surface area (Å²) in [7, 11) is 0. The summed E-state index contributed by atoms with van der Waals surface area (Å²) in [5, 5.41) is 3.49. The number of benzene rings is 2. The molecule has 0 atom stereocenters. The first kappa shape index (κ1) is 17.0. The maximum Gasteiger partial charge on any atom is 0.338 e. The topological polar surface area (TPSA) is 84.1 Å². The number of carbonyl (C=O) groups is 2. The number of H-pyrrole nitrogens is 1. The molecule has 3 aromatic rings. The Labute approximate surface area is 149 Å². The third-order valence-corrected chi connectivity index (χ3v) is 4.26. The molecule has 0 aliphatic heterocycles. The molecule has 1 aromatic heterocycles. The van der Waals surface area contributed by atoms with Crippen molar-refractivity contribution in [2.75, 3.05) is 17.7 Å². The van der Waals surface area contributed by atoms with Crippen LogP contribution >= 0.6 is 11.8 Å². The molecular formula is C18H17N3O3S. The fourth-order valence-corrected chi connectivity index (χ4v) is 2.92. The SMILES string of the molecule is CCOC(=O)c1ccc(NC(=O)CSc2nc3ccccc3[nH]2)cc1. The van der Waals surface area contributed by atoms with Gasteiger partial charge in [-0.2, -0.15) is 0 Å². The Morgan fingerprint density at radius 2 is 1.92 bits per heavy atom. The highest BCUT2D eigenvalue weighted by atomic mass is 32.2. The van der Waals surface area contributed by atoms with Crippen LogP contribution in [0, 0.1) is 0 Å². The van der Waals surface area contributed by atoms with Crippen molar-refractivity contribution in [1.29, 1.82) is 0 Å². The lowest BCUT2D eigenvalue weighted by Gasteiger charge is -2.06. The summed E-state index contributed by atoms with van der Waals surface area (Å²) in [4.78, 5) is 31.2. The molecule has 0 fully saturated rings. The molecule has 0 bridgehead atoms. The fraction of sp³-hybridized carbons (Fsp3) is 0.167. The number of thioether (sulfide) groups is 1. The van der Waals surface area contributed by atoms with Crippen LogP contribution in [0.15, 0.2) is 53.7 Å². The molecular weight excluding hydrogens is 338 g/mol. The van der Waals surface area contributed by atoms with E-state index < -0.39 is 0 Å². The first-order chi connectivity index (χ1) is 12.2. The summed E-state index contributed by atoms with van der Waals surface area (Å²) in [6.45, 7) is 2.09. The van der Waals surface area contributed by atoms with E-state index in [0.717, 1.165) is 11.0 Å². The van der Waals surface area contributed by atoms with E-state index in [1.807, 2.05) is 24.3 Å². The lowest BCUT2D eigenvalue weighted by molar-refractivity contribution is -0.113. The number of hydrogen-bond donors (Lipinski definition) is 2. The van der Waals surface area contributed by atoms with Crippen molar-refractivity contribution in [1.82, 2.24) is 9.97 Å². The molecule has 0 spiro atoms. The minimum Gasteiger partial charge on any atom is -0.462 e. The molecule has 128 valence electrons. The van der Waals surface area contributed by atoms with Gasteiger partial charge in [-0.15, -0.1) is 0 Å². The van der Waals surface area contributed by atoms with E-state index in [2.05, 4.69) is 15.3 Å². The molecule has 0 saturated carbocycles. The molecule has 0 saturated heterocycles. The van der Waals surface area contributed by atoms with Crippen LogP contribution in [0.4, 0.5) is 5.69 Å². The van der Waals surface area contributed by atoms with Crippen molar-refractivity contribution in [2.24, 2.45) is 0 Å². The molecule has 1 heterocycles. The minimum atomic E-state index is -0.374. The summed E-state index contributed by atoms with van der Waals surface area (Å²) in [5.74, 6) is -0.283. The van der Waals surface area contributed by atoms with Crippen molar-refractivity contribution in [3.8, 4) is 0 Å². The number of rotatable bonds is 6. The van der Waals surface area contributed by atoms with Gasteiger partial charge in [0.1, 0.15) is 0 Å². The van der Waals surface area contributed by atoms with Gasteiger partial charge in [0.05, 0.1) is 29.0 Å². The first-order valence-corrected chi connectivity index (χ1v) is 8.79. The van der Waals surface area contributed by atoms with E-state index in [1.54, 1.807) is 31.2 Å². The van der Waals surface area contributed by atoms with Gasteiger partial charge in [0.15, 0.2) is 5.16 Å². The number of nitrogens with one attached hydrogen (secondary N) is 2. The molecule has 7 heteroatoms. The summed E-state index contributed by atoms with van der Waals surface area (Å²) in [6, 6.07) is 14.3. The van der Waals surface area contributed by atoms with Crippen molar-refractivity contribution < 1.29 is 14.3 Å². The summed E-state index contributed by atoms with van der Waals surface area (Å²) in [5.41, 5.74) is 2.90.